The monoisotopic (exact) mass is 318 g/mol. The zero-order chi connectivity index (χ0) is 16.8. The largest absolute Gasteiger partial charge is 0.496 e. The van der Waals surface area contributed by atoms with Crippen LogP contribution >= 0.6 is 0 Å². The highest BCUT2D eigenvalue weighted by molar-refractivity contribution is 6.00. The lowest BCUT2D eigenvalue weighted by molar-refractivity contribution is 0.420. The molecule has 0 N–H and O–H groups in total. The van der Waals surface area contributed by atoms with Crippen LogP contribution in [-0.4, -0.2) is 7.11 Å². The molecule has 0 aliphatic rings. The van der Waals surface area contributed by atoms with E-state index in [2.05, 4.69) is 67.6 Å². The van der Waals surface area contributed by atoms with Gasteiger partial charge >= 0.3 is 0 Å². The van der Waals surface area contributed by atoms with E-state index < -0.39 is 0 Å². The van der Waals surface area contributed by atoms with Crippen molar-refractivity contribution in [1.82, 2.24) is 0 Å². The summed E-state index contributed by atoms with van der Waals surface area (Å²) in [6.07, 6.45) is 6.45. The van der Waals surface area contributed by atoms with Crippen LogP contribution in [0.1, 0.15) is 38.2 Å². The van der Waals surface area contributed by atoms with E-state index in [-0.39, 0.29) is 0 Å². The fourth-order valence-electron chi connectivity index (χ4n) is 3.31. The van der Waals surface area contributed by atoms with E-state index in [0.29, 0.717) is 0 Å². The summed E-state index contributed by atoms with van der Waals surface area (Å²) in [5, 5.41) is 2.41. The molecule has 0 fully saturated rings. The number of hydrogen-bond donors (Lipinski definition) is 0. The van der Waals surface area contributed by atoms with Gasteiger partial charge in [0.25, 0.3) is 0 Å². The standard InChI is InChI=1S/C23H26O/c1-3-4-5-6-9-18-12-14-19(15-13-18)20-16-17-23(24-2)22-11-8-7-10-21(20)22/h7-8,10-17H,3-6,9H2,1-2H3. The van der Waals surface area contributed by atoms with Gasteiger partial charge in [-0.15, -0.1) is 0 Å². The molecule has 0 atom stereocenters. The van der Waals surface area contributed by atoms with Gasteiger partial charge in [0.05, 0.1) is 7.11 Å². The summed E-state index contributed by atoms with van der Waals surface area (Å²) in [7, 11) is 1.73. The number of hydrogen-bond acceptors (Lipinski definition) is 1. The van der Waals surface area contributed by atoms with Crippen molar-refractivity contribution >= 4 is 10.8 Å². The Labute approximate surface area is 145 Å². The van der Waals surface area contributed by atoms with Crippen molar-refractivity contribution in [3.63, 3.8) is 0 Å². The summed E-state index contributed by atoms with van der Waals surface area (Å²) >= 11 is 0. The molecule has 0 heterocycles. The molecule has 124 valence electrons. The molecular weight excluding hydrogens is 292 g/mol. The maximum absolute atomic E-state index is 5.50. The summed E-state index contributed by atoms with van der Waals surface area (Å²) in [6.45, 7) is 2.26. The third-order valence-electron chi connectivity index (χ3n) is 4.69. The Hall–Kier alpha value is -2.28. The van der Waals surface area contributed by atoms with Crippen molar-refractivity contribution in [3.8, 4) is 16.9 Å². The molecule has 0 aliphatic carbocycles. The molecule has 0 aliphatic heterocycles. The van der Waals surface area contributed by atoms with Gasteiger partial charge in [0.15, 0.2) is 0 Å². The predicted molar refractivity (Wildman–Crippen MR) is 104 cm³/mol. The van der Waals surface area contributed by atoms with Crippen LogP contribution in [0.3, 0.4) is 0 Å². The molecule has 0 unspecified atom stereocenters. The van der Waals surface area contributed by atoms with Crippen LogP contribution in [-0.2, 0) is 6.42 Å². The molecule has 0 saturated heterocycles. The van der Waals surface area contributed by atoms with Gasteiger partial charge < -0.3 is 4.74 Å². The average molecular weight is 318 g/mol. The number of ether oxygens (including phenoxy) is 1. The van der Waals surface area contributed by atoms with Crippen LogP contribution in [0.15, 0.2) is 60.7 Å². The van der Waals surface area contributed by atoms with Crippen LogP contribution in [0, 0.1) is 0 Å². The second-order valence-corrected chi connectivity index (χ2v) is 6.37. The van der Waals surface area contributed by atoms with Gasteiger partial charge in [-0.2, -0.15) is 0 Å². The Balaban J connectivity index is 1.86. The fraction of sp³-hybridized carbons (Fsp3) is 0.304. The minimum atomic E-state index is 0.932. The highest BCUT2D eigenvalue weighted by Gasteiger charge is 2.07. The van der Waals surface area contributed by atoms with Crippen molar-refractivity contribution in [3.05, 3.63) is 66.2 Å². The molecule has 0 saturated carbocycles. The maximum Gasteiger partial charge on any atom is 0.126 e. The van der Waals surface area contributed by atoms with Gasteiger partial charge in [-0.05, 0) is 41.0 Å². The summed E-state index contributed by atoms with van der Waals surface area (Å²) in [4.78, 5) is 0. The van der Waals surface area contributed by atoms with Gasteiger partial charge in [-0.3, -0.25) is 0 Å². The Morgan fingerprint density at radius 2 is 1.50 bits per heavy atom. The first-order valence-corrected chi connectivity index (χ1v) is 8.98. The first-order valence-electron chi connectivity index (χ1n) is 8.98. The minimum Gasteiger partial charge on any atom is -0.496 e. The number of rotatable bonds is 7. The number of unbranched alkanes of at least 4 members (excludes halogenated alkanes) is 3. The van der Waals surface area contributed by atoms with E-state index in [4.69, 9.17) is 4.74 Å². The van der Waals surface area contributed by atoms with E-state index in [1.807, 2.05) is 0 Å². The first kappa shape index (κ1) is 16.6. The Bertz CT molecular complexity index is 787. The number of benzene rings is 3. The quantitative estimate of drug-likeness (QED) is 0.444. The Kier molecular flexibility index (Phi) is 5.53. The lowest BCUT2D eigenvalue weighted by atomic mass is 9.96. The van der Waals surface area contributed by atoms with Gasteiger partial charge in [0.1, 0.15) is 5.75 Å². The van der Waals surface area contributed by atoms with Crippen molar-refractivity contribution in [2.24, 2.45) is 0 Å². The number of aryl methyl sites for hydroxylation is 1. The van der Waals surface area contributed by atoms with E-state index in [9.17, 15) is 0 Å². The SMILES string of the molecule is CCCCCCc1ccc(-c2ccc(OC)c3ccccc23)cc1. The average Bonchev–Trinajstić information content (AvgIpc) is 2.65. The number of fused-ring (bicyclic) bond motifs is 1. The van der Waals surface area contributed by atoms with Crippen LogP contribution in [0.25, 0.3) is 21.9 Å². The molecule has 3 rings (SSSR count). The van der Waals surface area contributed by atoms with Crippen molar-refractivity contribution in [1.29, 1.82) is 0 Å². The minimum absolute atomic E-state index is 0.932. The third-order valence-corrected chi connectivity index (χ3v) is 4.69. The summed E-state index contributed by atoms with van der Waals surface area (Å²) < 4.78 is 5.50. The van der Waals surface area contributed by atoms with Crippen LogP contribution in [0.4, 0.5) is 0 Å². The molecule has 1 heteroatoms. The maximum atomic E-state index is 5.50. The Morgan fingerprint density at radius 1 is 0.750 bits per heavy atom. The topological polar surface area (TPSA) is 9.23 Å². The third kappa shape index (κ3) is 3.62. The van der Waals surface area contributed by atoms with E-state index in [0.717, 1.165) is 5.75 Å². The molecule has 0 aromatic heterocycles. The summed E-state index contributed by atoms with van der Waals surface area (Å²) in [6, 6.07) is 21.7. The highest BCUT2D eigenvalue weighted by Crippen LogP contribution is 2.34. The van der Waals surface area contributed by atoms with Gasteiger partial charge in [-0.25, -0.2) is 0 Å². The van der Waals surface area contributed by atoms with Crippen molar-refractivity contribution < 1.29 is 4.74 Å². The first-order chi connectivity index (χ1) is 11.8. The molecule has 0 radical (unpaired) electrons. The molecule has 1 nitrogen and oxygen atoms in total. The van der Waals surface area contributed by atoms with Crippen LogP contribution < -0.4 is 4.74 Å². The second-order valence-electron chi connectivity index (χ2n) is 6.37. The van der Waals surface area contributed by atoms with Crippen molar-refractivity contribution in [2.45, 2.75) is 39.0 Å². The van der Waals surface area contributed by atoms with E-state index in [1.54, 1.807) is 7.11 Å². The summed E-state index contributed by atoms with van der Waals surface area (Å²) in [5.41, 5.74) is 3.97. The molecule has 3 aromatic rings. The van der Waals surface area contributed by atoms with Crippen LogP contribution in [0.2, 0.25) is 0 Å². The normalized spacial score (nSPS) is 10.9. The predicted octanol–water partition coefficient (Wildman–Crippen LogP) is 6.64. The lowest BCUT2D eigenvalue weighted by Gasteiger charge is -2.11. The molecular formula is C23H26O. The second kappa shape index (κ2) is 8.01. The molecule has 0 spiro atoms. The fourth-order valence-corrected chi connectivity index (χ4v) is 3.31. The zero-order valence-corrected chi connectivity index (χ0v) is 14.7. The zero-order valence-electron chi connectivity index (χ0n) is 14.7. The molecule has 3 aromatic carbocycles. The lowest BCUT2D eigenvalue weighted by Crippen LogP contribution is -1.89. The summed E-state index contributed by atoms with van der Waals surface area (Å²) in [5.74, 6) is 0.932. The van der Waals surface area contributed by atoms with E-state index in [1.165, 1.54) is 59.6 Å². The molecule has 0 bridgehead atoms. The van der Waals surface area contributed by atoms with Gasteiger partial charge in [-0.1, -0.05) is 80.8 Å². The van der Waals surface area contributed by atoms with Gasteiger partial charge in [0, 0.05) is 5.39 Å². The number of methoxy groups -OCH3 is 1. The van der Waals surface area contributed by atoms with E-state index >= 15 is 0 Å². The highest BCUT2D eigenvalue weighted by atomic mass is 16.5. The molecule has 0 amide bonds. The molecule has 24 heavy (non-hydrogen) atoms. The Morgan fingerprint density at radius 3 is 2.21 bits per heavy atom. The van der Waals surface area contributed by atoms with Gasteiger partial charge in [0.2, 0.25) is 0 Å². The van der Waals surface area contributed by atoms with Crippen molar-refractivity contribution in [2.75, 3.05) is 7.11 Å². The smallest absolute Gasteiger partial charge is 0.126 e. The van der Waals surface area contributed by atoms with Crippen LogP contribution in [0.5, 0.6) is 5.75 Å².